The van der Waals surface area contributed by atoms with Crippen LogP contribution in [0.5, 0.6) is 0 Å². The minimum Gasteiger partial charge on any atom is -0.469 e. The van der Waals surface area contributed by atoms with Crippen molar-refractivity contribution in [2.75, 3.05) is 7.11 Å². The number of benzene rings is 2. The lowest BCUT2D eigenvalue weighted by atomic mass is 10.1. The summed E-state index contributed by atoms with van der Waals surface area (Å²) in [4.78, 5) is 25.2. The van der Waals surface area contributed by atoms with Gasteiger partial charge in [-0.3, -0.25) is 9.59 Å². The molecule has 5 heteroatoms. The van der Waals surface area contributed by atoms with Gasteiger partial charge in [0.05, 0.1) is 19.6 Å². The van der Waals surface area contributed by atoms with Crippen LogP contribution in [0.15, 0.2) is 60.0 Å². The number of ether oxygens (including phenoxy) is 1. The van der Waals surface area contributed by atoms with E-state index in [0.717, 1.165) is 15.6 Å². The largest absolute Gasteiger partial charge is 0.469 e. The van der Waals surface area contributed by atoms with Gasteiger partial charge < -0.3 is 10.1 Å². The normalized spacial score (nSPS) is 11.9. The highest BCUT2D eigenvalue weighted by Crippen LogP contribution is 2.23. The highest BCUT2D eigenvalue weighted by Gasteiger charge is 2.20. The second-order valence-electron chi connectivity index (χ2n) is 5.38. The van der Waals surface area contributed by atoms with E-state index < -0.39 is 6.04 Å². The molecule has 0 aliphatic rings. The number of esters is 1. The first-order valence-electron chi connectivity index (χ1n) is 7.57. The Morgan fingerprint density at radius 3 is 2.58 bits per heavy atom. The molecule has 0 spiro atoms. The second-order valence-corrected chi connectivity index (χ2v) is 6.36. The summed E-state index contributed by atoms with van der Waals surface area (Å²) in [5.41, 5.74) is 0.570. The predicted molar refractivity (Wildman–Crippen MR) is 95.1 cm³/mol. The fourth-order valence-corrected chi connectivity index (χ4v) is 3.31. The SMILES string of the molecule is COC(=O)CC(NC(=O)c1ccc2ccccc2c1)c1cccs1. The van der Waals surface area contributed by atoms with Crippen molar-refractivity contribution in [2.45, 2.75) is 12.5 Å². The van der Waals surface area contributed by atoms with Crippen LogP contribution in [-0.4, -0.2) is 19.0 Å². The first-order valence-corrected chi connectivity index (χ1v) is 8.45. The zero-order valence-electron chi connectivity index (χ0n) is 13.2. The predicted octanol–water partition coefficient (Wildman–Crippen LogP) is 3.94. The van der Waals surface area contributed by atoms with Gasteiger partial charge >= 0.3 is 5.97 Å². The highest BCUT2D eigenvalue weighted by molar-refractivity contribution is 7.10. The summed E-state index contributed by atoms with van der Waals surface area (Å²) in [7, 11) is 1.35. The van der Waals surface area contributed by atoms with Gasteiger partial charge in [-0.15, -0.1) is 11.3 Å². The molecule has 1 atom stereocenters. The first kappa shape index (κ1) is 16.2. The van der Waals surface area contributed by atoms with E-state index in [2.05, 4.69) is 5.32 Å². The van der Waals surface area contributed by atoms with Crippen LogP contribution in [-0.2, 0) is 9.53 Å². The average Bonchev–Trinajstić information content (AvgIpc) is 3.15. The van der Waals surface area contributed by atoms with E-state index >= 15 is 0 Å². The molecule has 3 rings (SSSR count). The van der Waals surface area contributed by atoms with Crippen LogP contribution in [0.1, 0.15) is 27.7 Å². The van der Waals surface area contributed by atoms with E-state index in [9.17, 15) is 9.59 Å². The summed E-state index contributed by atoms with van der Waals surface area (Å²) in [5.74, 6) is -0.560. The molecule has 3 aromatic rings. The number of hydrogen-bond donors (Lipinski definition) is 1. The van der Waals surface area contributed by atoms with Gasteiger partial charge in [-0.25, -0.2) is 0 Å². The number of carbonyl (C=O) groups excluding carboxylic acids is 2. The topological polar surface area (TPSA) is 55.4 Å². The maximum Gasteiger partial charge on any atom is 0.307 e. The quantitative estimate of drug-likeness (QED) is 0.717. The molecule has 1 unspecified atom stereocenters. The molecule has 24 heavy (non-hydrogen) atoms. The van der Waals surface area contributed by atoms with Crippen LogP contribution in [0, 0.1) is 0 Å². The van der Waals surface area contributed by atoms with Gasteiger partial charge in [0.25, 0.3) is 5.91 Å². The fourth-order valence-electron chi connectivity index (χ4n) is 2.53. The molecule has 122 valence electrons. The fraction of sp³-hybridized carbons (Fsp3) is 0.158. The lowest BCUT2D eigenvalue weighted by molar-refractivity contribution is -0.141. The van der Waals surface area contributed by atoms with Crippen LogP contribution in [0.3, 0.4) is 0 Å². The Morgan fingerprint density at radius 2 is 1.88 bits per heavy atom. The van der Waals surface area contributed by atoms with Crippen LogP contribution in [0.2, 0.25) is 0 Å². The Morgan fingerprint density at radius 1 is 1.08 bits per heavy atom. The van der Waals surface area contributed by atoms with Gasteiger partial charge in [0.2, 0.25) is 0 Å². The third-order valence-corrected chi connectivity index (χ3v) is 4.79. The third kappa shape index (κ3) is 3.63. The number of carbonyl (C=O) groups is 2. The summed E-state index contributed by atoms with van der Waals surface area (Å²) in [6, 6.07) is 16.9. The Labute approximate surface area is 144 Å². The summed E-state index contributed by atoms with van der Waals surface area (Å²) >= 11 is 1.50. The molecule has 0 fully saturated rings. The number of thiophene rings is 1. The molecule has 1 heterocycles. The molecule has 1 amide bonds. The van der Waals surface area contributed by atoms with Gasteiger partial charge in [-0.1, -0.05) is 36.4 Å². The molecule has 0 saturated carbocycles. The van der Waals surface area contributed by atoms with E-state index in [1.165, 1.54) is 18.4 Å². The van der Waals surface area contributed by atoms with Crippen molar-refractivity contribution >= 4 is 34.0 Å². The summed E-state index contributed by atoms with van der Waals surface area (Å²) < 4.78 is 4.74. The summed E-state index contributed by atoms with van der Waals surface area (Å²) in [6.07, 6.45) is 0.107. The molecule has 4 nitrogen and oxygen atoms in total. The molecular formula is C19H17NO3S. The number of rotatable bonds is 5. The number of hydrogen-bond acceptors (Lipinski definition) is 4. The van der Waals surface area contributed by atoms with Gasteiger partial charge in [0.15, 0.2) is 0 Å². The van der Waals surface area contributed by atoms with E-state index in [0.29, 0.717) is 5.56 Å². The van der Waals surface area contributed by atoms with E-state index in [1.807, 2.05) is 53.9 Å². The van der Waals surface area contributed by atoms with Crippen molar-refractivity contribution in [3.8, 4) is 0 Å². The zero-order valence-corrected chi connectivity index (χ0v) is 14.0. The molecule has 0 radical (unpaired) electrons. The third-order valence-electron chi connectivity index (χ3n) is 3.80. The van der Waals surface area contributed by atoms with Gasteiger partial charge in [0.1, 0.15) is 0 Å². The first-order chi connectivity index (χ1) is 11.7. The Bertz CT molecular complexity index is 858. The molecule has 1 N–H and O–H groups in total. The van der Waals surface area contributed by atoms with Crippen molar-refractivity contribution in [1.82, 2.24) is 5.32 Å². The van der Waals surface area contributed by atoms with Crippen LogP contribution in [0.4, 0.5) is 0 Å². The highest BCUT2D eigenvalue weighted by atomic mass is 32.1. The zero-order chi connectivity index (χ0) is 16.9. The van der Waals surface area contributed by atoms with Crippen molar-refractivity contribution in [3.63, 3.8) is 0 Å². The van der Waals surface area contributed by atoms with Crippen molar-refractivity contribution in [3.05, 3.63) is 70.4 Å². The summed E-state index contributed by atoms with van der Waals surface area (Å²) in [6.45, 7) is 0. The minimum atomic E-state index is -0.392. The maximum atomic E-state index is 12.6. The van der Waals surface area contributed by atoms with Gasteiger partial charge in [-0.2, -0.15) is 0 Å². The molecule has 0 bridgehead atoms. The van der Waals surface area contributed by atoms with E-state index in [-0.39, 0.29) is 18.3 Å². The summed E-state index contributed by atoms with van der Waals surface area (Å²) in [5, 5.41) is 6.94. The Hall–Kier alpha value is -2.66. The second kappa shape index (κ2) is 7.27. The monoisotopic (exact) mass is 339 g/mol. The Kier molecular flexibility index (Phi) is 4.91. The Balaban J connectivity index is 1.82. The van der Waals surface area contributed by atoms with Crippen molar-refractivity contribution in [2.24, 2.45) is 0 Å². The number of amides is 1. The van der Waals surface area contributed by atoms with Gasteiger partial charge in [-0.05, 0) is 34.4 Å². The molecule has 0 aliphatic heterocycles. The standard InChI is InChI=1S/C19H17NO3S/c1-23-18(21)12-16(17-7-4-10-24-17)20-19(22)15-9-8-13-5-2-3-6-14(13)11-15/h2-11,16H,12H2,1H3,(H,20,22). The van der Waals surface area contributed by atoms with Crippen molar-refractivity contribution < 1.29 is 14.3 Å². The van der Waals surface area contributed by atoms with E-state index in [1.54, 1.807) is 6.07 Å². The lowest BCUT2D eigenvalue weighted by Crippen LogP contribution is -2.30. The number of methoxy groups -OCH3 is 1. The van der Waals surface area contributed by atoms with Crippen LogP contribution in [0.25, 0.3) is 10.8 Å². The number of fused-ring (bicyclic) bond motifs is 1. The maximum absolute atomic E-state index is 12.6. The lowest BCUT2D eigenvalue weighted by Gasteiger charge is -2.16. The molecular weight excluding hydrogens is 322 g/mol. The molecule has 1 aromatic heterocycles. The molecule has 0 aliphatic carbocycles. The minimum absolute atomic E-state index is 0.107. The van der Waals surface area contributed by atoms with Gasteiger partial charge in [0, 0.05) is 10.4 Å². The van der Waals surface area contributed by atoms with E-state index in [4.69, 9.17) is 4.74 Å². The molecule has 0 saturated heterocycles. The number of nitrogens with one attached hydrogen (secondary N) is 1. The smallest absolute Gasteiger partial charge is 0.307 e. The van der Waals surface area contributed by atoms with Crippen molar-refractivity contribution in [1.29, 1.82) is 0 Å². The van der Waals surface area contributed by atoms with Crippen LogP contribution >= 0.6 is 11.3 Å². The molecule has 2 aromatic carbocycles. The van der Waals surface area contributed by atoms with Crippen LogP contribution < -0.4 is 5.32 Å². The average molecular weight is 339 g/mol.